The summed E-state index contributed by atoms with van der Waals surface area (Å²) in [7, 11) is 0. The SMILES string of the molecule is CCCCCCCCCCCCCCCCCCNCC(O)CCCCCC. The number of hydrogen-bond donors (Lipinski definition) is 2. The first-order valence-corrected chi connectivity index (χ1v) is 13.2. The van der Waals surface area contributed by atoms with Crippen LogP contribution in [-0.2, 0) is 0 Å². The maximum Gasteiger partial charge on any atom is 0.0664 e. The molecule has 0 rings (SSSR count). The summed E-state index contributed by atoms with van der Waals surface area (Å²) < 4.78 is 0. The van der Waals surface area contributed by atoms with Crippen molar-refractivity contribution >= 4 is 0 Å². The van der Waals surface area contributed by atoms with Gasteiger partial charge in [-0.05, 0) is 19.4 Å². The van der Waals surface area contributed by atoms with Crippen LogP contribution in [0.2, 0.25) is 0 Å². The summed E-state index contributed by atoms with van der Waals surface area (Å²) in [6, 6.07) is 0. The molecule has 1 unspecified atom stereocenters. The number of aliphatic hydroxyl groups excluding tert-OH is 1. The van der Waals surface area contributed by atoms with Crippen LogP contribution in [0, 0.1) is 0 Å². The minimum Gasteiger partial charge on any atom is -0.392 e. The lowest BCUT2D eigenvalue weighted by atomic mass is 10.0. The zero-order valence-corrected chi connectivity index (χ0v) is 19.8. The highest BCUT2D eigenvalue weighted by Crippen LogP contribution is 2.13. The number of rotatable bonds is 24. The molecule has 0 saturated heterocycles. The lowest BCUT2D eigenvalue weighted by Gasteiger charge is -2.11. The Labute approximate surface area is 178 Å². The predicted octanol–water partition coefficient (Wildman–Crippen LogP) is 8.17. The van der Waals surface area contributed by atoms with E-state index in [9.17, 15) is 5.11 Å². The van der Waals surface area contributed by atoms with E-state index in [0.29, 0.717) is 0 Å². The van der Waals surface area contributed by atoms with Gasteiger partial charge in [-0.3, -0.25) is 0 Å². The van der Waals surface area contributed by atoms with Gasteiger partial charge < -0.3 is 10.4 Å². The van der Waals surface area contributed by atoms with Gasteiger partial charge >= 0.3 is 0 Å². The van der Waals surface area contributed by atoms with Crippen molar-refractivity contribution in [3.63, 3.8) is 0 Å². The monoisotopic (exact) mass is 397 g/mol. The molecule has 0 saturated carbocycles. The molecule has 0 amide bonds. The first-order chi connectivity index (χ1) is 13.8. The Morgan fingerprint density at radius 1 is 0.500 bits per heavy atom. The largest absolute Gasteiger partial charge is 0.392 e. The van der Waals surface area contributed by atoms with Crippen molar-refractivity contribution in [2.45, 2.75) is 155 Å². The standard InChI is InChI=1S/C26H55NO/c1-3-5-7-9-10-11-12-13-14-15-16-17-18-19-20-22-24-27-25-26(28)23-21-8-6-4-2/h26-28H,3-25H2,1-2H3. The van der Waals surface area contributed by atoms with Crippen LogP contribution in [0.1, 0.15) is 149 Å². The molecule has 0 radical (unpaired) electrons. The smallest absolute Gasteiger partial charge is 0.0664 e. The highest BCUT2D eigenvalue weighted by molar-refractivity contribution is 4.60. The molecular formula is C26H55NO. The Morgan fingerprint density at radius 3 is 1.29 bits per heavy atom. The number of hydrogen-bond acceptors (Lipinski definition) is 2. The first-order valence-electron chi connectivity index (χ1n) is 13.2. The first kappa shape index (κ1) is 27.9. The maximum absolute atomic E-state index is 9.92. The van der Waals surface area contributed by atoms with Crippen molar-refractivity contribution in [2.24, 2.45) is 0 Å². The van der Waals surface area contributed by atoms with Gasteiger partial charge in [0.2, 0.25) is 0 Å². The normalized spacial score (nSPS) is 12.5. The van der Waals surface area contributed by atoms with Crippen LogP contribution in [0.15, 0.2) is 0 Å². The number of unbranched alkanes of at least 4 members (excludes halogenated alkanes) is 18. The topological polar surface area (TPSA) is 32.3 Å². The fourth-order valence-electron chi connectivity index (χ4n) is 3.98. The second-order valence-corrected chi connectivity index (χ2v) is 9.01. The van der Waals surface area contributed by atoms with Gasteiger partial charge in [-0.25, -0.2) is 0 Å². The lowest BCUT2D eigenvalue weighted by Crippen LogP contribution is -2.27. The molecule has 170 valence electrons. The molecule has 2 N–H and O–H groups in total. The number of aliphatic hydroxyl groups is 1. The van der Waals surface area contributed by atoms with Crippen LogP contribution in [0.5, 0.6) is 0 Å². The van der Waals surface area contributed by atoms with Crippen molar-refractivity contribution in [1.82, 2.24) is 5.32 Å². The molecule has 2 nitrogen and oxygen atoms in total. The van der Waals surface area contributed by atoms with E-state index in [-0.39, 0.29) is 6.10 Å². The van der Waals surface area contributed by atoms with Crippen LogP contribution in [0.4, 0.5) is 0 Å². The molecule has 1 atom stereocenters. The van der Waals surface area contributed by atoms with Crippen molar-refractivity contribution in [3.8, 4) is 0 Å². The number of nitrogens with one attached hydrogen (secondary N) is 1. The summed E-state index contributed by atoms with van der Waals surface area (Å²) in [6.45, 7) is 6.38. The zero-order valence-electron chi connectivity index (χ0n) is 19.8. The summed E-state index contributed by atoms with van der Waals surface area (Å²) in [5.41, 5.74) is 0. The second-order valence-electron chi connectivity index (χ2n) is 9.01. The molecular weight excluding hydrogens is 342 g/mol. The average Bonchev–Trinajstić information content (AvgIpc) is 2.70. The molecule has 0 aromatic carbocycles. The Kier molecular flexibility index (Phi) is 24.9. The van der Waals surface area contributed by atoms with Crippen LogP contribution >= 0.6 is 0 Å². The van der Waals surface area contributed by atoms with Gasteiger partial charge in [0.1, 0.15) is 0 Å². The van der Waals surface area contributed by atoms with Crippen LogP contribution in [0.25, 0.3) is 0 Å². The third-order valence-corrected chi connectivity index (χ3v) is 5.98. The predicted molar refractivity (Wildman–Crippen MR) is 127 cm³/mol. The molecule has 0 bridgehead atoms. The van der Waals surface area contributed by atoms with E-state index in [1.807, 2.05) is 0 Å². The minimum atomic E-state index is -0.141. The molecule has 28 heavy (non-hydrogen) atoms. The third kappa shape index (κ3) is 24.0. The Hall–Kier alpha value is -0.0800. The molecule has 0 fully saturated rings. The van der Waals surface area contributed by atoms with Crippen molar-refractivity contribution in [3.05, 3.63) is 0 Å². The summed E-state index contributed by atoms with van der Waals surface area (Å²) in [4.78, 5) is 0. The van der Waals surface area contributed by atoms with Gasteiger partial charge in [-0.15, -0.1) is 0 Å². The summed E-state index contributed by atoms with van der Waals surface area (Å²) >= 11 is 0. The Balaban J connectivity index is 3.06. The molecule has 0 heterocycles. The second kappa shape index (κ2) is 25.0. The molecule has 2 heteroatoms. The van der Waals surface area contributed by atoms with Crippen molar-refractivity contribution < 1.29 is 5.11 Å². The molecule has 0 aromatic heterocycles. The average molecular weight is 398 g/mol. The minimum absolute atomic E-state index is 0.141. The summed E-state index contributed by atoms with van der Waals surface area (Å²) in [5, 5.41) is 13.3. The maximum atomic E-state index is 9.92. The summed E-state index contributed by atoms with van der Waals surface area (Å²) in [6.07, 6.45) is 28.6. The van der Waals surface area contributed by atoms with Crippen LogP contribution < -0.4 is 5.32 Å². The molecule has 0 aromatic rings. The van der Waals surface area contributed by atoms with E-state index in [4.69, 9.17) is 0 Å². The molecule has 0 aliphatic heterocycles. The van der Waals surface area contributed by atoms with Gasteiger partial charge in [-0.1, -0.05) is 136 Å². The Morgan fingerprint density at radius 2 is 0.857 bits per heavy atom. The van der Waals surface area contributed by atoms with E-state index in [1.54, 1.807) is 0 Å². The van der Waals surface area contributed by atoms with Crippen LogP contribution in [0.3, 0.4) is 0 Å². The summed E-state index contributed by atoms with van der Waals surface area (Å²) in [5.74, 6) is 0. The molecule has 0 aliphatic carbocycles. The lowest BCUT2D eigenvalue weighted by molar-refractivity contribution is 0.158. The quantitative estimate of drug-likeness (QED) is 0.161. The van der Waals surface area contributed by atoms with E-state index < -0.39 is 0 Å². The molecule has 0 spiro atoms. The van der Waals surface area contributed by atoms with Crippen LogP contribution in [-0.4, -0.2) is 24.3 Å². The fourth-order valence-corrected chi connectivity index (χ4v) is 3.98. The third-order valence-electron chi connectivity index (χ3n) is 5.98. The van der Waals surface area contributed by atoms with E-state index in [2.05, 4.69) is 19.2 Å². The van der Waals surface area contributed by atoms with E-state index in [0.717, 1.165) is 19.5 Å². The highest BCUT2D eigenvalue weighted by atomic mass is 16.3. The van der Waals surface area contributed by atoms with Gasteiger partial charge in [0.25, 0.3) is 0 Å². The van der Waals surface area contributed by atoms with Crippen molar-refractivity contribution in [1.29, 1.82) is 0 Å². The van der Waals surface area contributed by atoms with Gasteiger partial charge in [-0.2, -0.15) is 0 Å². The van der Waals surface area contributed by atoms with E-state index in [1.165, 1.54) is 128 Å². The van der Waals surface area contributed by atoms with Crippen molar-refractivity contribution in [2.75, 3.05) is 13.1 Å². The van der Waals surface area contributed by atoms with Gasteiger partial charge in [0.05, 0.1) is 6.10 Å². The van der Waals surface area contributed by atoms with Gasteiger partial charge in [0.15, 0.2) is 0 Å². The van der Waals surface area contributed by atoms with Gasteiger partial charge in [0, 0.05) is 6.54 Å². The fraction of sp³-hybridized carbons (Fsp3) is 1.00. The molecule has 0 aliphatic rings. The Bertz CT molecular complexity index is 269. The van der Waals surface area contributed by atoms with E-state index >= 15 is 0 Å². The zero-order chi connectivity index (χ0) is 20.5. The highest BCUT2D eigenvalue weighted by Gasteiger charge is 2.02.